The molecule has 3 heterocycles. The van der Waals surface area contributed by atoms with Crippen LogP contribution in [0.15, 0.2) is 45.2 Å². The summed E-state index contributed by atoms with van der Waals surface area (Å²) in [6.07, 6.45) is 1.67. The van der Waals surface area contributed by atoms with Gasteiger partial charge in [-0.3, -0.25) is 14.9 Å². The molecule has 0 spiro atoms. The molecule has 8 heteroatoms. The molecule has 1 saturated heterocycles. The van der Waals surface area contributed by atoms with Gasteiger partial charge in [0, 0.05) is 13.1 Å². The normalized spacial score (nSPS) is 17.8. The van der Waals surface area contributed by atoms with Crippen LogP contribution in [-0.2, 0) is 0 Å². The van der Waals surface area contributed by atoms with Crippen LogP contribution in [0.5, 0.6) is 0 Å². The molecule has 0 N–H and O–H groups in total. The minimum Gasteiger partial charge on any atom is -0.440 e. The Morgan fingerprint density at radius 3 is 2.84 bits per heavy atom. The molecule has 4 rings (SSSR count). The van der Waals surface area contributed by atoms with E-state index in [0.29, 0.717) is 19.0 Å². The summed E-state index contributed by atoms with van der Waals surface area (Å²) in [7, 11) is 0. The first-order chi connectivity index (χ1) is 12.1. The largest absolute Gasteiger partial charge is 0.440 e. The zero-order valence-electron chi connectivity index (χ0n) is 13.3. The molecule has 25 heavy (non-hydrogen) atoms. The summed E-state index contributed by atoms with van der Waals surface area (Å²) < 4.78 is 10.8. The molecule has 0 bridgehead atoms. The lowest BCUT2D eigenvalue weighted by atomic mass is 9.98. The van der Waals surface area contributed by atoms with E-state index in [4.69, 9.17) is 8.83 Å². The number of amides is 1. The van der Waals surface area contributed by atoms with Crippen LogP contribution in [-0.4, -0.2) is 33.8 Å². The molecule has 8 nitrogen and oxygen atoms in total. The molecule has 1 aliphatic heterocycles. The summed E-state index contributed by atoms with van der Waals surface area (Å²) in [5, 5.41) is 10.7. The van der Waals surface area contributed by atoms with Crippen molar-refractivity contribution in [2.75, 3.05) is 13.1 Å². The number of furan rings is 1. The summed E-state index contributed by atoms with van der Waals surface area (Å²) in [4.78, 5) is 28.7. The molecular weight excluding hydrogens is 326 g/mol. The number of carbonyl (C=O) groups excluding carboxylic acids is 1. The number of likely N-dealkylation sites (tertiary alicyclic amines) is 1. The van der Waals surface area contributed by atoms with Crippen molar-refractivity contribution in [2.24, 2.45) is 0 Å². The molecule has 0 radical (unpaired) electrons. The number of nitro groups is 1. The van der Waals surface area contributed by atoms with Gasteiger partial charge in [0.1, 0.15) is 10.4 Å². The van der Waals surface area contributed by atoms with Crippen LogP contribution in [0.3, 0.4) is 0 Å². The van der Waals surface area contributed by atoms with E-state index in [2.05, 4.69) is 4.98 Å². The smallest absolute Gasteiger partial charge is 0.433 e. The fourth-order valence-electron chi connectivity index (χ4n) is 3.12. The number of nitrogens with zero attached hydrogens (tertiary/aromatic N) is 3. The number of carbonyl (C=O) groups is 1. The lowest BCUT2D eigenvalue weighted by Gasteiger charge is -2.30. The van der Waals surface area contributed by atoms with Crippen molar-refractivity contribution in [1.82, 2.24) is 9.88 Å². The van der Waals surface area contributed by atoms with Gasteiger partial charge < -0.3 is 13.7 Å². The number of aromatic nitrogens is 1. The maximum Gasteiger partial charge on any atom is 0.433 e. The molecule has 128 valence electrons. The average molecular weight is 341 g/mol. The van der Waals surface area contributed by atoms with E-state index in [1.165, 1.54) is 12.1 Å². The second-order valence-electron chi connectivity index (χ2n) is 6.01. The number of rotatable bonds is 3. The number of fused-ring (bicyclic) bond motifs is 1. The molecule has 0 saturated carbocycles. The molecule has 2 aromatic heterocycles. The monoisotopic (exact) mass is 341 g/mol. The van der Waals surface area contributed by atoms with Crippen LogP contribution in [0.2, 0.25) is 0 Å². The van der Waals surface area contributed by atoms with E-state index in [-0.39, 0.29) is 17.6 Å². The lowest BCUT2D eigenvalue weighted by Crippen LogP contribution is -2.39. The number of oxazole rings is 1. The highest BCUT2D eigenvalue weighted by Crippen LogP contribution is 2.30. The van der Waals surface area contributed by atoms with Crippen LogP contribution in [0.25, 0.3) is 11.1 Å². The predicted molar refractivity (Wildman–Crippen MR) is 87.2 cm³/mol. The van der Waals surface area contributed by atoms with Gasteiger partial charge in [-0.25, -0.2) is 4.98 Å². The van der Waals surface area contributed by atoms with Crippen LogP contribution in [0.4, 0.5) is 5.88 Å². The van der Waals surface area contributed by atoms with Gasteiger partial charge in [-0.15, -0.1) is 0 Å². The van der Waals surface area contributed by atoms with Gasteiger partial charge in [0.05, 0.1) is 12.0 Å². The van der Waals surface area contributed by atoms with Gasteiger partial charge in [-0.1, -0.05) is 12.1 Å². The summed E-state index contributed by atoms with van der Waals surface area (Å²) >= 11 is 0. The molecule has 1 atom stereocenters. The Bertz CT molecular complexity index is 912. The standard InChI is InChI=1S/C17H15N3O5/c21-17(14-7-8-15(24-14)20(22)23)19-9-3-4-11(10-19)16-18-12-5-1-2-6-13(12)25-16/h1-2,5-8,11H,3-4,9-10H2/t11-/m0/s1. The van der Waals surface area contributed by atoms with Crippen LogP contribution >= 0.6 is 0 Å². The number of piperidine rings is 1. The minimum atomic E-state index is -0.659. The summed E-state index contributed by atoms with van der Waals surface area (Å²) in [5.41, 5.74) is 1.52. The van der Waals surface area contributed by atoms with Gasteiger partial charge in [0.2, 0.25) is 0 Å². The predicted octanol–water partition coefficient (Wildman–Crippen LogP) is 3.35. The highest BCUT2D eigenvalue weighted by molar-refractivity contribution is 5.91. The van der Waals surface area contributed by atoms with Crippen molar-refractivity contribution in [3.05, 3.63) is 58.2 Å². The van der Waals surface area contributed by atoms with Crippen molar-refractivity contribution < 1.29 is 18.6 Å². The quantitative estimate of drug-likeness (QED) is 0.534. The fourth-order valence-corrected chi connectivity index (χ4v) is 3.12. The molecule has 1 amide bonds. The van der Waals surface area contributed by atoms with Gasteiger partial charge in [0.15, 0.2) is 17.2 Å². The zero-order valence-corrected chi connectivity index (χ0v) is 13.3. The number of para-hydroxylation sites is 2. The average Bonchev–Trinajstić information content (AvgIpc) is 3.28. The summed E-state index contributed by atoms with van der Waals surface area (Å²) in [6, 6.07) is 10.1. The number of hydrogen-bond acceptors (Lipinski definition) is 6. The Morgan fingerprint density at radius 2 is 2.08 bits per heavy atom. The minimum absolute atomic E-state index is 0.00459. The van der Waals surface area contributed by atoms with Crippen molar-refractivity contribution >= 4 is 22.9 Å². The third kappa shape index (κ3) is 2.86. The topological polar surface area (TPSA) is 103 Å². The molecule has 1 aliphatic rings. The first kappa shape index (κ1) is 15.4. The van der Waals surface area contributed by atoms with Gasteiger partial charge in [-0.2, -0.15) is 0 Å². The van der Waals surface area contributed by atoms with Crippen LogP contribution in [0.1, 0.15) is 35.2 Å². The van der Waals surface area contributed by atoms with Crippen molar-refractivity contribution in [3.8, 4) is 0 Å². The highest BCUT2D eigenvalue weighted by atomic mass is 16.6. The van der Waals surface area contributed by atoms with E-state index in [1.54, 1.807) is 4.90 Å². The van der Waals surface area contributed by atoms with Crippen molar-refractivity contribution in [1.29, 1.82) is 0 Å². The Hall–Kier alpha value is -3.16. The molecule has 0 unspecified atom stereocenters. The van der Waals surface area contributed by atoms with Gasteiger partial charge in [0.25, 0.3) is 5.91 Å². The Morgan fingerprint density at radius 1 is 1.24 bits per heavy atom. The highest BCUT2D eigenvalue weighted by Gasteiger charge is 2.30. The van der Waals surface area contributed by atoms with Crippen molar-refractivity contribution in [2.45, 2.75) is 18.8 Å². The van der Waals surface area contributed by atoms with E-state index in [0.717, 1.165) is 23.9 Å². The van der Waals surface area contributed by atoms with E-state index in [9.17, 15) is 14.9 Å². The second kappa shape index (κ2) is 6.04. The Kier molecular flexibility index (Phi) is 3.72. The molecule has 1 aromatic carbocycles. The van der Waals surface area contributed by atoms with Crippen molar-refractivity contribution in [3.63, 3.8) is 0 Å². The number of benzene rings is 1. The molecule has 3 aromatic rings. The maximum atomic E-state index is 12.5. The SMILES string of the molecule is O=C(c1ccc([N+](=O)[O-])o1)N1CCC[C@H](c2nc3ccccc3o2)C1. The zero-order chi connectivity index (χ0) is 17.4. The summed E-state index contributed by atoms with van der Waals surface area (Å²) in [6.45, 7) is 1.02. The van der Waals surface area contributed by atoms with Gasteiger partial charge in [-0.05, 0) is 31.0 Å². The van der Waals surface area contributed by atoms with E-state index < -0.39 is 10.8 Å². The second-order valence-corrected chi connectivity index (χ2v) is 6.01. The van der Waals surface area contributed by atoms with Gasteiger partial charge >= 0.3 is 5.88 Å². The molecule has 1 fully saturated rings. The third-order valence-corrected chi connectivity index (χ3v) is 4.35. The molecule has 0 aliphatic carbocycles. The van der Waals surface area contributed by atoms with Crippen LogP contribution < -0.4 is 0 Å². The van der Waals surface area contributed by atoms with E-state index >= 15 is 0 Å². The Balaban J connectivity index is 1.53. The fraction of sp³-hybridized carbons (Fsp3) is 0.294. The third-order valence-electron chi connectivity index (χ3n) is 4.35. The number of hydrogen-bond donors (Lipinski definition) is 0. The van der Waals surface area contributed by atoms with E-state index in [1.807, 2.05) is 24.3 Å². The first-order valence-electron chi connectivity index (χ1n) is 8.01. The first-order valence-corrected chi connectivity index (χ1v) is 8.01. The van der Waals surface area contributed by atoms with Crippen LogP contribution in [0, 0.1) is 10.1 Å². The maximum absolute atomic E-state index is 12.5. The molecular formula is C17H15N3O5. The summed E-state index contributed by atoms with van der Waals surface area (Å²) in [5.74, 6) is -0.200. The lowest BCUT2D eigenvalue weighted by molar-refractivity contribution is -0.402. The Labute approximate surface area is 142 Å².